The zero-order chi connectivity index (χ0) is 18.9. The minimum atomic E-state index is -3.54. The minimum Gasteiger partial charge on any atom is -0.454 e. The van der Waals surface area contributed by atoms with E-state index in [1.54, 1.807) is 22.5 Å². The normalized spacial score (nSPS) is 24.3. The van der Waals surface area contributed by atoms with Crippen LogP contribution in [0.2, 0.25) is 0 Å². The third-order valence-corrected chi connectivity index (χ3v) is 6.90. The minimum absolute atomic E-state index is 0.137. The predicted octanol–water partition coefficient (Wildman–Crippen LogP) is 1.45. The van der Waals surface area contributed by atoms with Crippen LogP contribution in [0.5, 0.6) is 11.5 Å². The number of fused-ring (bicyclic) bond motifs is 1. The van der Waals surface area contributed by atoms with Gasteiger partial charge in [0.05, 0.1) is 4.90 Å². The van der Waals surface area contributed by atoms with E-state index in [1.807, 2.05) is 0 Å². The molecule has 0 aliphatic carbocycles. The Morgan fingerprint density at radius 3 is 2.42 bits per heavy atom. The van der Waals surface area contributed by atoms with Crippen LogP contribution in [0.15, 0.2) is 23.1 Å². The Morgan fingerprint density at radius 1 is 1.12 bits per heavy atom. The van der Waals surface area contributed by atoms with Crippen molar-refractivity contribution in [2.45, 2.75) is 37.2 Å². The molecule has 26 heavy (non-hydrogen) atoms. The highest BCUT2D eigenvalue weighted by molar-refractivity contribution is 7.89. The monoisotopic (exact) mass is 383 g/mol. The third kappa shape index (κ3) is 3.98. The number of rotatable bonds is 6. The Balaban J connectivity index is 1.70. The topological polar surface area (TPSA) is 62.3 Å². The molecule has 0 bridgehead atoms. The largest absolute Gasteiger partial charge is 0.454 e. The van der Waals surface area contributed by atoms with Crippen LogP contribution in [-0.4, -0.2) is 81.7 Å². The van der Waals surface area contributed by atoms with Crippen molar-refractivity contribution < 1.29 is 17.9 Å². The Kier molecular flexibility index (Phi) is 5.76. The van der Waals surface area contributed by atoms with E-state index in [-0.39, 0.29) is 23.8 Å². The molecule has 0 amide bonds. The van der Waals surface area contributed by atoms with E-state index in [0.29, 0.717) is 24.6 Å². The van der Waals surface area contributed by atoms with Crippen LogP contribution in [0.4, 0.5) is 0 Å². The number of piperazine rings is 1. The van der Waals surface area contributed by atoms with Crippen LogP contribution >= 0.6 is 0 Å². The van der Waals surface area contributed by atoms with Gasteiger partial charge in [0.25, 0.3) is 0 Å². The summed E-state index contributed by atoms with van der Waals surface area (Å²) in [5, 5.41) is 0. The van der Waals surface area contributed by atoms with Gasteiger partial charge in [0, 0.05) is 37.8 Å². The van der Waals surface area contributed by atoms with Gasteiger partial charge in [0.2, 0.25) is 16.8 Å². The summed E-state index contributed by atoms with van der Waals surface area (Å²) in [5.41, 5.74) is 0. The standard InChI is InChI=1S/C18H29N3O4S/c1-14-11-20(12-15(2)21(14)9-5-8-19(3)4)26(22,23)16-6-7-17-18(10-16)25-13-24-17/h6-7,10,14-15H,5,8-9,11-13H2,1-4H3. The van der Waals surface area contributed by atoms with Crippen molar-refractivity contribution in [3.05, 3.63) is 18.2 Å². The number of benzene rings is 1. The molecule has 2 aliphatic heterocycles. The first kappa shape index (κ1) is 19.4. The maximum atomic E-state index is 13.1. The lowest BCUT2D eigenvalue weighted by molar-refractivity contribution is 0.0740. The molecule has 0 aromatic heterocycles. The van der Waals surface area contributed by atoms with Gasteiger partial charge >= 0.3 is 0 Å². The average molecular weight is 384 g/mol. The van der Waals surface area contributed by atoms with Gasteiger partial charge in [-0.3, -0.25) is 4.90 Å². The summed E-state index contributed by atoms with van der Waals surface area (Å²) < 4.78 is 38.4. The smallest absolute Gasteiger partial charge is 0.243 e. The molecular formula is C18H29N3O4S. The van der Waals surface area contributed by atoms with E-state index in [4.69, 9.17) is 9.47 Å². The SMILES string of the molecule is CC1CN(S(=O)(=O)c2ccc3c(c2)OCO3)CC(C)N1CCCN(C)C. The van der Waals surface area contributed by atoms with Gasteiger partial charge in [-0.1, -0.05) is 0 Å². The molecule has 8 heteroatoms. The summed E-state index contributed by atoms with van der Waals surface area (Å²) in [6.07, 6.45) is 1.08. The van der Waals surface area contributed by atoms with E-state index in [0.717, 1.165) is 19.5 Å². The molecule has 0 radical (unpaired) electrons. The second kappa shape index (κ2) is 7.72. The van der Waals surface area contributed by atoms with Crippen LogP contribution < -0.4 is 9.47 Å². The van der Waals surface area contributed by atoms with Crippen LogP contribution in [-0.2, 0) is 10.0 Å². The molecule has 146 valence electrons. The summed E-state index contributed by atoms with van der Waals surface area (Å²) in [5.74, 6) is 1.09. The molecule has 1 saturated heterocycles. The van der Waals surface area contributed by atoms with Gasteiger partial charge in [-0.25, -0.2) is 8.42 Å². The Labute approximate surface area is 156 Å². The quantitative estimate of drug-likeness (QED) is 0.741. The van der Waals surface area contributed by atoms with E-state index < -0.39 is 10.0 Å². The number of nitrogens with zero attached hydrogens (tertiary/aromatic N) is 3. The van der Waals surface area contributed by atoms with Crippen molar-refractivity contribution >= 4 is 10.0 Å². The lowest BCUT2D eigenvalue weighted by atomic mass is 10.1. The molecule has 1 fully saturated rings. The summed E-state index contributed by atoms with van der Waals surface area (Å²) >= 11 is 0. The predicted molar refractivity (Wildman–Crippen MR) is 100 cm³/mol. The van der Waals surface area contributed by atoms with Gasteiger partial charge < -0.3 is 14.4 Å². The highest BCUT2D eigenvalue weighted by Gasteiger charge is 2.36. The molecule has 2 unspecified atom stereocenters. The van der Waals surface area contributed by atoms with E-state index in [1.165, 1.54) is 0 Å². The third-order valence-electron chi connectivity index (χ3n) is 5.07. The van der Waals surface area contributed by atoms with Crippen molar-refractivity contribution in [3.63, 3.8) is 0 Å². The Bertz CT molecular complexity index is 726. The fourth-order valence-electron chi connectivity index (χ4n) is 3.70. The van der Waals surface area contributed by atoms with Crippen molar-refractivity contribution in [1.82, 2.24) is 14.1 Å². The summed E-state index contributed by atoms with van der Waals surface area (Å²) in [6.45, 7) is 7.37. The number of sulfonamides is 1. The van der Waals surface area contributed by atoms with Crippen molar-refractivity contribution in [1.29, 1.82) is 0 Å². The highest BCUT2D eigenvalue weighted by Crippen LogP contribution is 2.35. The molecule has 2 aliphatic rings. The van der Waals surface area contributed by atoms with Crippen LogP contribution in [0.25, 0.3) is 0 Å². The summed E-state index contributed by atoms with van der Waals surface area (Å²) in [7, 11) is 0.600. The molecule has 1 aromatic rings. The highest BCUT2D eigenvalue weighted by atomic mass is 32.2. The molecule has 3 rings (SSSR count). The van der Waals surface area contributed by atoms with Gasteiger partial charge in [0.1, 0.15) is 0 Å². The fourth-order valence-corrected chi connectivity index (χ4v) is 5.32. The Hall–Kier alpha value is -1.35. The Morgan fingerprint density at radius 2 is 1.77 bits per heavy atom. The van der Waals surface area contributed by atoms with Gasteiger partial charge in [-0.05, 0) is 53.0 Å². The van der Waals surface area contributed by atoms with Crippen LogP contribution in [0.1, 0.15) is 20.3 Å². The summed E-state index contributed by atoms with van der Waals surface area (Å²) in [4.78, 5) is 4.85. The molecule has 1 aromatic carbocycles. The molecule has 0 N–H and O–H groups in total. The van der Waals surface area contributed by atoms with Crippen molar-refractivity contribution in [2.75, 3.05) is 47.1 Å². The molecule has 2 atom stereocenters. The zero-order valence-corrected chi connectivity index (χ0v) is 16.8. The lowest BCUT2D eigenvalue weighted by Gasteiger charge is -2.44. The maximum Gasteiger partial charge on any atom is 0.243 e. The molecule has 0 saturated carbocycles. The molecule has 7 nitrogen and oxygen atoms in total. The van der Waals surface area contributed by atoms with E-state index in [9.17, 15) is 8.42 Å². The van der Waals surface area contributed by atoms with Crippen LogP contribution in [0.3, 0.4) is 0 Å². The second-order valence-corrected chi connectivity index (χ2v) is 9.37. The lowest BCUT2D eigenvalue weighted by Crippen LogP contribution is -2.58. The second-order valence-electron chi connectivity index (χ2n) is 7.43. The van der Waals surface area contributed by atoms with Crippen molar-refractivity contribution in [3.8, 4) is 11.5 Å². The van der Waals surface area contributed by atoms with Gasteiger partial charge in [-0.2, -0.15) is 4.31 Å². The number of hydrogen-bond acceptors (Lipinski definition) is 6. The average Bonchev–Trinajstić information content (AvgIpc) is 3.04. The fraction of sp³-hybridized carbons (Fsp3) is 0.667. The zero-order valence-electron chi connectivity index (χ0n) is 16.0. The molecular weight excluding hydrogens is 354 g/mol. The van der Waals surface area contributed by atoms with Crippen molar-refractivity contribution in [2.24, 2.45) is 0 Å². The first-order valence-electron chi connectivity index (χ1n) is 9.09. The van der Waals surface area contributed by atoms with Gasteiger partial charge in [-0.15, -0.1) is 0 Å². The van der Waals surface area contributed by atoms with Crippen LogP contribution in [0, 0.1) is 0 Å². The number of hydrogen-bond donors (Lipinski definition) is 0. The van der Waals surface area contributed by atoms with E-state index >= 15 is 0 Å². The van der Waals surface area contributed by atoms with Gasteiger partial charge in [0.15, 0.2) is 11.5 Å². The first-order valence-corrected chi connectivity index (χ1v) is 10.5. The number of ether oxygens (including phenoxy) is 2. The summed E-state index contributed by atoms with van der Waals surface area (Å²) in [6, 6.07) is 5.20. The van der Waals surface area contributed by atoms with E-state index in [2.05, 4.69) is 37.7 Å². The molecule has 0 spiro atoms. The first-order chi connectivity index (χ1) is 12.3. The molecule has 2 heterocycles. The maximum absolute atomic E-state index is 13.1.